The first kappa shape index (κ1) is 16.5. The summed E-state index contributed by atoms with van der Waals surface area (Å²) in [6.07, 6.45) is 0. The molecule has 0 aliphatic carbocycles. The van der Waals surface area contributed by atoms with Crippen LogP contribution in [0.2, 0.25) is 0 Å². The molecule has 0 fully saturated rings. The van der Waals surface area contributed by atoms with Gasteiger partial charge in [-0.25, -0.2) is 4.79 Å². The van der Waals surface area contributed by atoms with E-state index >= 15 is 0 Å². The maximum atomic E-state index is 11.8. The second kappa shape index (κ2) is 7.25. The Balaban J connectivity index is 3.26. The van der Waals surface area contributed by atoms with Crippen LogP contribution < -0.4 is 4.74 Å². The van der Waals surface area contributed by atoms with Gasteiger partial charge in [0.2, 0.25) is 0 Å². The zero-order valence-corrected chi connectivity index (χ0v) is 12.5. The topological polar surface area (TPSA) is 78.9 Å². The number of benzene rings is 1. The van der Waals surface area contributed by atoms with Crippen molar-refractivity contribution >= 4 is 16.1 Å². The molecule has 6 nitrogen and oxygen atoms in total. The molecule has 7 heteroatoms. The van der Waals surface area contributed by atoms with Gasteiger partial charge in [0.05, 0.1) is 24.7 Å². The van der Waals surface area contributed by atoms with E-state index < -0.39 is 16.1 Å². The molecule has 0 bridgehead atoms. The molecule has 20 heavy (non-hydrogen) atoms. The van der Waals surface area contributed by atoms with Crippen LogP contribution in [-0.2, 0) is 19.0 Å². The van der Waals surface area contributed by atoms with E-state index in [2.05, 4.69) is 4.18 Å². The van der Waals surface area contributed by atoms with Crippen molar-refractivity contribution in [2.45, 2.75) is 25.7 Å². The Bertz CT molecular complexity index is 564. The monoisotopic (exact) mass is 302 g/mol. The van der Waals surface area contributed by atoms with Crippen molar-refractivity contribution in [3.63, 3.8) is 0 Å². The molecule has 1 aromatic carbocycles. The van der Waals surface area contributed by atoms with Gasteiger partial charge in [0.15, 0.2) is 0 Å². The van der Waals surface area contributed by atoms with Gasteiger partial charge in [0, 0.05) is 0 Å². The first-order chi connectivity index (χ1) is 9.46. The molecular weight excluding hydrogens is 284 g/mol. The van der Waals surface area contributed by atoms with Gasteiger partial charge in [-0.05, 0) is 39.0 Å². The Morgan fingerprint density at radius 3 is 2.35 bits per heavy atom. The van der Waals surface area contributed by atoms with Crippen LogP contribution in [0.3, 0.4) is 0 Å². The average molecular weight is 302 g/mol. The fraction of sp³-hybridized carbons (Fsp3) is 0.462. The molecule has 1 aromatic rings. The summed E-state index contributed by atoms with van der Waals surface area (Å²) in [7, 11) is -3.88. The van der Waals surface area contributed by atoms with Crippen LogP contribution in [0.15, 0.2) is 23.1 Å². The summed E-state index contributed by atoms with van der Waals surface area (Å²) < 4.78 is 38.5. The van der Waals surface area contributed by atoms with Crippen LogP contribution in [0.25, 0.3) is 0 Å². The average Bonchev–Trinajstić information content (AvgIpc) is 2.39. The van der Waals surface area contributed by atoms with Crippen molar-refractivity contribution in [3.8, 4) is 5.75 Å². The summed E-state index contributed by atoms with van der Waals surface area (Å²) in [6.45, 7) is 5.55. The van der Waals surface area contributed by atoms with Crippen LogP contribution in [0.4, 0.5) is 0 Å². The third-order valence-electron chi connectivity index (χ3n) is 2.31. The van der Waals surface area contributed by atoms with Crippen LogP contribution in [0.5, 0.6) is 5.75 Å². The molecule has 0 saturated heterocycles. The van der Waals surface area contributed by atoms with Crippen molar-refractivity contribution in [3.05, 3.63) is 23.8 Å². The Kier molecular flexibility index (Phi) is 5.97. The molecule has 0 N–H and O–H groups in total. The molecule has 0 amide bonds. The highest BCUT2D eigenvalue weighted by atomic mass is 32.2. The number of rotatable bonds is 7. The fourth-order valence-electron chi connectivity index (χ4n) is 1.54. The van der Waals surface area contributed by atoms with Crippen molar-refractivity contribution < 1.29 is 26.9 Å². The summed E-state index contributed by atoms with van der Waals surface area (Å²) in [6, 6.07) is 3.95. The molecule has 0 radical (unpaired) electrons. The molecule has 0 aliphatic heterocycles. The highest BCUT2D eigenvalue weighted by Gasteiger charge is 2.21. The summed E-state index contributed by atoms with van der Waals surface area (Å²) in [4.78, 5) is 11.7. The Morgan fingerprint density at radius 1 is 1.10 bits per heavy atom. The smallest absolute Gasteiger partial charge is 0.341 e. The number of carbonyl (C=O) groups is 1. The van der Waals surface area contributed by atoms with Gasteiger partial charge in [0.25, 0.3) is 10.1 Å². The Labute approximate surface area is 118 Å². The lowest BCUT2D eigenvalue weighted by Gasteiger charge is -2.11. The lowest BCUT2D eigenvalue weighted by atomic mass is 10.2. The van der Waals surface area contributed by atoms with Crippen LogP contribution in [0, 0.1) is 0 Å². The van der Waals surface area contributed by atoms with E-state index in [1.54, 1.807) is 20.8 Å². The van der Waals surface area contributed by atoms with E-state index in [1.165, 1.54) is 18.2 Å². The Morgan fingerprint density at radius 2 is 1.80 bits per heavy atom. The summed E-state index contributed by atoms with van der Waals surface area (Å²) in [5.41, 5.74) is 0.0643. The number of esters is 1. The van der Waals surface area contributed by atoms with Crippen molar-refractivity contribution in [2.24, 2.45) is 0 Å². The molecular formula is C13H18O6S. The molecule has 1 rings (SSSR count). The molecule has 0 aromatic heterocycles. The van der Waals surface area contributed by atoms with Gasteiger partial charge in [-0.1, -0.05) is 0 Å². The first-order valence-electron chi connectivity index (χ1n) is 6.29. The number of hydrogen-bond donors (Lipinski definition) is 0. The molecule has 0 unspecified atom stereocenters. The van der Waals surface area contributed by atoms with Gasteiger partial charge in [-0.15, -0.1) is 0 Å². The lowest BCUT2D eigenvalue weighted by Crippen LogP contribution is -2.11. The van der Waals surface area contributed by atoms with Crippen LogP contribution >= 0.6 is 0 Å². The van der Waals surface area contributed by atoms with Gasteiger partial charge in [0.1, 0.15) is 11.3 Å². The predicted octanol–water partition coefficient (Wildman–Crippen LogP) is 1.99. The van der Waals surface area contributed by atoms with E-state index in [9.17, 15) is 13.2 Å². The van der Waals surface area contributed by atoms with Crippen molar-refractivity contribution in [1.29, 1.82) is 0 Å². The van der Waals surface area contributed by atoms with E-state index in [0.717, 1.165) is 0 Å². The first-order valence-corrected chi connectivity index (χ1v) is 7.70. The lowest BCUT2D eigenvalue weighted by molar-refractivity contribution is 0.0521. The number of carbonyl (C=O) groups excluding carboxylic acids is 1. The highest BCUT2D eigenvalue weighted by molar-refractivity contribution is 7.86. The molecule has 112 valence electrons. The molecule has 0 saturated carbocycles. The number of hydrogen-bond acceptors (Lipinski definition) is 6. The minimum absolute atomic E-state index is 0.0181. The predicted molar refractivity (Wildman–Crippen MR) is 72.4 cm³/mol. The zero-order valence-electron chi connectivity index (χ0n) is 11.7. The van der Waals surface area contributed by atoms with Crippen LogP contribution in [-0.4, -0.2) is 34.2 Å². The van der Waals surface area contributed by atoms with E-state index in [0.29, 0.717) is 6.61 Å². The van der Waals surface area contributed by atoms with E-state index in [1.807, 2.05) is 0 Å². The minimum atomic E-state index is -3.88. The maximum Gasteiger partial charge on any atom is 0.341 e. The SMILES string of the molecule is CCOC(=O)c1cc(S(=O)(=O)OCC)ccc1OCC. The second-order valence-electron chi connectivity index (χ2n) is 3.67. The molecule has 0 heterocycles. The maximum absolute atomic E-state index is 11.8. The normalized spacial score (nSPS) is 11.2. The highest BCUT2D eigenvalue weighted by Crippen LogP contribution is 2.24. The summed E-state index contributed by atoms with van der Waals surface area (Å²) >= 11 is 0. The third-order valence-corrected chi connectivity index (χ3v) is 3.69. The minimum Gasteiger partial charge on any atom is -0.493 e. The van der Waals surface area contributed by atoms with Gasteiger partial charge in [-0.3, -0.25) is 4.18 Å². The van der Waals surface area contributed by atoms with Crippen molar-refractivity contribution in [1.82, 2.24) is 0 Å². The Hall–Kier alpha value is -1.60. The second-order valence-corrected chi connectivity index (χ2v) is 5.29. The standard InChI is InChI=1S/C13H18O6S/c1-4-17-12-8-7-10(20(15,16)19-6-3)9-11(12)13(14)18-5-2/h7-9H,4-6H2,1-3H3. The summed E-state index contributed by atoms with van der Waals surface area (Å²) in [5, 5.41) is 0. The third kappa shape index (κ3) is 3.94. The van der Waals surface area contributed by atoms with Gasteiger partial charge in [-0.2, -0.15) is 8.42 Å². The van der Waals surface area contributed by atoms with Gasteiger partial charge >= 0.3 is 5.97 Å². The summed E-state index contributed by atoms with van der Waals surface area (Å²) in [5.74, 6) is -0.356. The van der Waals surface area contributed by atoms with Gasteiger partial charge < -0.3 is 9.47 Å². The quantitative estimate of drug-likeness (QED) is 0.566. The molecule has 0 spiro atoms. The fourth-order valence-corrected chi connectivity index (χ4v) is 2.48. The number of ether oxygens (including phenoxy) is 2. The largest absolute Gasteiger partial charge is 0.493 e. The molecule has 0 atom stereocenters. The zero-order chi connectivity index (χ0) is 15.2. The van der Waals surface area contributed by atoms with E-state index in [-0.39, 0.29) is 29.4 Å². The molecule has 0 aliphatic rings. The van der Waals surface area contributed by atoms with Crippen LogP contribution in [0.1, 0.15) is 31.1 Å². The van der Waals surface area contributed by atoms with E-state index in [4.69, 9.17) is 9.47 Å². The van der Waals surface area contributed by atoms with Crippen molar-refractivity contribution in [2.75, 3.05) is 19.8 Å².